The van der Waals surface area contributed by atoms with Gasteiger partial charge < -0.3 is 14.6 Å². The molecule has 20 heavy (non-hydrogen) atoms. The summed E-state index contributed by atoms with van der Waals surface area (Å²) in [5.74, 6) is 1.07. The van der Waals surface area contributed by atoms with Gasteiger partial charge in [-0.3, -0.25) is 0 Å². The summed E-state index contributed by atoms with van der Waals surface area (Å²) in [6.07, 6.45) is 0. The van der Waals surface area contributed by atoms with E-state index in [1.165, 1.54) is 0 Å². The zero-order valence-corrected chi connectivity index (χ0v) is 13.8. The van der Waals surface area contributed by atoms with E-state index in [-0.39, 0.29) is 16.6 Å². The van der Waals surface area contributed by atoms with Gasteiger partial charge >= 0.3 is 0 Å². The number of ether oxygens (including phenoxy) is 2. The predicted molar refractivity (Wildman–Crippen MR) is 82.7 cm³/mol. The molecule has 0 amide bonds. The minimum atomic E-state index is 0.0443. The molecule has 0 aliphatic carbocycles. The highest BCUT2D eigenvalue weighted by molar-refractivity contribution is 5.52. The highest BCUT2D eigenvalue weighted by atomic mass is 16.5. The molecule has 0 spiro atoms. The summed E-state index contributed by atoms with van der Waals surface area (Å²) in [5.41, 5.74) is 1.10. The third-order valence-electron chi connectivity index (χ3n) is 2.51. The smallest absolute Gasteiger partial charge is 0.200 e. The summed E-state index contributed by atoms with van der Waals surface area (Å²) < 4.78 is 11.4. The first-order valence-electron chi connectivity index (χ1n) is 7.07. The van der Waals surface area contributed by atoms with Gasteiger partial charge in [-0.25, -0.2) is 0 Å². The van der Waals surface area contributed by atoms with Crippen LogP contribution in [0.25, 0.3) is 0 Å². The van der Waals surface area contributed by atoms with E-state index in [1.807, 2.05) is 19.1 Å². The average Bonchev–Trinajstić information content (AvgIpc) is 2.25. The number of hydrogen-bond donors (Lipinski definition) is 1. The second-order valence-electron chi connectivity index (χ2n) is 7.81. The molecule has 0 heterocycles. The van der Waals surface area contributed by atoms with E-state index in [9.17, 15) is 5.11 Å². The Bertz CT molecular complexity index is 411. The summed E-state index contributed by atoms with van der Waals surface area (Å²) in [6.45, 7) is 15.6. The van der Waals surface area contributed by atoms with Crippen molar-refractivity contribution in [1.82, 2.24) is 0 Å². The number of hydrogen-bond acceptors (Lipinski definition) is 3. The normalized spacial score (nSPS) is 12.3. The molecule has 0 saturated carbocycles. The number of benzene rings is 1. The molecule has 0 bridgehead atoms. The first-order chi connectivity index (χ1) is 8.98. The molecule has 0 aliphatic heterocycles. The van der Waals surface area contributed by atoms with E-state index in [4.69, 9.17) is 9.47 Å². The molecule has 1 N–H and O–H groups in total. The minimum absolute atomic E-state index is 0.0443. The molecule has 0 saturated heterocycles. The summed E-state index contributed by atoms with van der Waals surface area (Å²) in [5, 5.41) is 10.3. The Hall–Kier alpha value is -1.38. The lowest BCUT2D eigenvalue weighted by molar-refractivity contribution is 0.178. The molecule has 0 aromatic heterocycles. The van der Waals surface area contributed by atoms with Crippen LogP contribution in [0, 0.1) is 17.8 Å². The lowest BCUT2D eigenvalue weighted by Crippen LogP contribution is -2.18. The topological polar surface area (TPSA) is 38.7 Å². The van der Waals surface area contributed by atoms with E-state index < -0.39 is 0 Å². The lowest BCUT2D eigenvalue weighted by Gasteiger charge is -2.22. The number of aryl methyl sites for hydroxylation is 1. The fourth-order valence-electron chi connectivity index (χ4n) is 1.52. The SMILES string of the molecule is Cc1cc(OCC(C)(C)C)c(O)c(OCC(C)(C)C)c1. The maximum Gasteiger partial charge on any atom is 0.200 e. The zero-order chi connectivity index (χ0) is 15.6. The van der Waals surface area contributed by atoms with Crippen LogP contribution < -0.4 is 9.47 Å². The van der Waals surface area contributed by atoms with Crippen LogP contribution in [-0.4, -0.2) is 18.3 Å². The Morgan fingerprint density at radius 2 is 1.20 bits per heavy atom. The van der Waals surface area contributed by atoms with E-state index in [2.05, 4.69) is 41.5 Å². The van der Waals surface area contributed by atoms with Crippen LogP contribution in [0.5, 0.6) is 17.2 Å². The molecule has 1 aromatic carbocycles. The molecule has 0 fully saturated rings. The number of rotatable bonds is 4. The van der Waals surface area contributed by atoms with Crippen molar-refractivity contribution in [2.24, 2.45) is 10.8 Å². The molecule has 3 nitrogen and oxygen atoms in total. The number of phenolic OH excluding ortho intramolecular Hbond substituents is 1. The largest absolute Gasteiger partial charge is 0.502 e. The Morgan fingerprint density at radius 1 is 0.850 bits per heavy atom. The summed E-state index contributed by atoms with van der Waals surface area (Å²) in [6, 6.07) is 3.68. The molecule has 0 radical (unpaired) electrons. The highest BCUT2D eigenvalue weighted by Crippen LogP contribution is 2.38. The van der Waals surface area contributed by atoms with Crippen molar-refractivity contribution >= 4 is 0 Å². The maximum atomic E-state index is 10.3. The Morgan fingerprint density at radius 3 is 1.50 bits per heavy atom. The van der Waals surface area contributed by atoms with Gasteiger partial charge in [0.1, 0.15) is 0 Å². The average molecular weight is 280 g/mol. The van der Waals surface area contributed by atoms with Crippen LogP contribution in [0.4, 0.5) is 0 Å². The standard InChI is InChI=1S/C17H28O3/c1-12-8-13(19-10-16(2,3)4)15(18)14(9-12)20-11-17(5,6)7/h8-9,18H,10-11H2,1-7H3. The fraction of sp³-hybridized carbons (Fsp3) is 0.647. The van der Waals surface area contributed by atoms with Crippen LogP contribution >= 0.6 is 0 Å². The van der Waals surface area contributed by atoms with Crippen molar-refractivity contribution in [1.29, 1.82) is 0 Å². The van der Waals surface area contributed by atoms with Gasteiger partial charge in [0.15, 0.2) is 11.5 Å². The van der Waals surface area contributed by atoms with Gasteiger partial charge in [0.05, 0.1) is 13.2 Å². The van der Waals surface area contributed by atoms with Crippen LogP contribution in [0.15, 0.2) is 12.1 Å². The van der Waals surface area contributed by atoms with Crippen molar-refractivity contribution in [3.8, 4) is 17.2 Å². The Labute approximate surface area is 122 Å². The van der Waals surface area contributed by atoms with Gasteiger partial charge in [-0.1, -0.05) is 41.5 Å². The van der Waals surface area contributed by atoms with E-state index in [0.29, 0.717) is 24.7 Å². The van der Waals surface area contributed by atoms with Crippen molar-refractivity contribution in [3.05, 3.63) is 17.7 Å². The summed E-state index contributed by atoms with van der Waals surface area (Å²) in [4.78, 5) is 0. The van der Waals surface area contributed by atoms with Gasteiger partial charge in [-0.2, -0.15) is 0 Å². The molecule has 0 unspecified atom stereocenters. The molecule has 0 aliphatic rings. The monoisotopic (exact) mass is 280 g/mol. The van der Waals surface area contributed by atoms with E-state index in [0.717, 1.165) is 5.56 Å². The van der Waals surface area contributed by atoms with Crippen LogP contribution in [0.3, 0.4) is 0 Å². The molecule has 3 heteroatoms. The third-order valence-corrected chi connectivity index (χ3v) is 2.51. The number of phenols is 1. The van der Waals surface area contributed by atoms with Crippen molar-refractivity contribution in [3.63, 3.8) is 0 Å². The molecule has 1 aromatic rings. The summed E-state index contributed by atoms with van der Waals surface area (Å²) in [7, 11) is 0. The Balaban J connectivity index is 2.89. The van der Waals surface area contributed by atoms with Gasteiger partial charge in [0.25, 0.3) is 0 Å². The predicted octanol–water partition coefficient (Wildman–Crippen LogP) is 4.55. The van der Waals surface area contributed by atoms with E-state index >= 15 is 0 Å². The van der Waals surface area contributed by atoms with Crippen LogP contribution in [-0.2, 0) is 0 Å². The first-order valence-corrected chi connectivity index (χ1v) is 7.07. The maximum absolute atomic E-state index is 10.3. The van der Waals surface area contributed by atoms with Crippen molar-refractivity contribution in [2.45, 2.75) is 48.5 Å². The molecular formula is C17H28O3. The minimum Gasteiger partial charge on any atom is -0.502 e. The first kappa shape index (κ1) is 16.7. The van der Waals surface area contributed by atoms with Gasteiger partial charge in [0.2, 0.25) is 5.75 Å². The van der Waals surface area contributed by atoms with Gasteiger partial charge in [-0.15, -0.1) is 0 Å². The zero-order valence-electron chi connectivity index (χ0n) is 13.8. The lowest BCUT2D eigenvalue weighted by atomic mass is 9.98. The highest BCUT2D eigenvalue weighted by Gasteiger charge is 2.18. The number of aromatic hydroxyl groups is 1. The van der Waals surface area contributed by atoms with Gasteiger partial charge in [-0.05, 0) is 35.4 Å². The summed E-state index contributed by atoms with van der Waals surface area (Å²) >= 11 is 0. The Kier molecular flexibility index (Phi) is 4.95. The molecule has 1 rings (SSSR count). The van der Waals surface area contributed by atoms with Crippen molar-refractivity contribution < 1.29 is 14.6 Å². The second-order valence-corrected chi connectivity index (χ2v) is 7.81. The fourth-order valence-corrected chi connectivity index (χ4v) is 1.52. The van der Waals surface area contributed by atoms with E-state index in [1.54, 1.807) is 0 Å². The molecular weight excluding hydrogens is 252 g/mol. The van der Waals surface area contributed by atoms with Crippen LogP contribution in [0.2, 0.25) is 0 Å². The van der Waals surface area contributed by atoms with Crippen molar-refractivity contribution in [2.75, 3.05) is 13.2 Å². The van der Waals surface area contributed by atoms with Gasteiger partial charge in [0, 0.05) is 0 Å². The second kappa shape index (κ2) is 5.94. The quantitative estimate of drug-likeness (QED) is 0.879. The van der Waals surface area contributed by atoms with Crippen LogP contribution in [0.1, 0.15) is 47.1 Å². The molecule has 114 valence electrons. The molecule has 0 atom stereocenters. The third kappa shape index (κ3) is 5.72.